The van der Waals surface area contributed by atoms with Crippen LogP contribution in [0.3, 0.4) is 0 Å². The molecule has 3 atom stereocenters. The first-order chi connectivity index (χ1) is 7.65. The molecule has 0 bridgehead atoms. The Kier molecular flexibility index (Phi) is 2.14. The van der Waals surface area contributed by atoms with Crippen molar-refractivity contribution < 1.29 is 4.39 Å². The van der Waals surface area contributed by atoms with Gasteiger partial charge in [0.05, 0.1) is 0 Å². The van der Waals surface area contributed by atoms with Gasteiger partial charge in [0.25, 0.3) is 0 Å². The van der Waals surface area contributed by atoms with Gasteiger partial charge in [0.15, 0.2) is 0 Å². The number of fused-ring (bicyclic) bond motifs is 1. The van der Waals surface area contributed by atoms with Crippen molar-refractivity contribution in [1.29, 1.82) is 0 Å². The first-order valence-corrected chi connectivity index (χ1v) is 6.40. The second-order valence-corrected chi connectivity index (χ2v) is 5.89. The third-order valence-corrected chi connectivity index (χ3v) is 4.84. The molecule has 0 aliphatic heterocycles. The predicted octanol–water partition coefficient (Wildman–Crippen LogP) is 4.15. The zero-order valence-electron chi connectivity index (χ0n) is 10.0. The molecule has 2 saturated carbocycles. The van der Waals surface area contributed by atoms with Crippen LogP contribution in [0.2, 0.25) is 0 Å². The molecule has 1 aromatic rings. The molecule has 0 N–H and O–H groups in total. The molecule has 0 nitrogen and oxygen atoms in total. The summed E-state index contributed by atoms with van der Waals surface area (Å²) in [5.41, 5.74) is 1.21. The molecule has 16 heavy (non-hydrogen) atoms. The van der Waals surface area contributed by atoms with E-state index in [0.717, 1.165) is 23.3 Å². The van der Waals surface area contributed by atoms with Gasteiger partial charge in [-0.15, -0.1) is 0 Å². The summed E-state index contributed by atoms with van der Waals surface area (Å²) in [5.74, 6) is 2.33. The lowest BCUT2D eigenvalue weighted by atomic mass is 9.91. The van der Waals surface area contributed by atoms with Gasteiger partial charge in [-0.3, -0.25) is 0 Å². The van der Waals surface area contributed by atoms with Crippen LogP contribution in [0.5, 0.6) is 0 Å². The Morgan fingerprint density at radius 3 is 2.62 bits per heavy atom. The maximum Gasteiger partial charge on any atom is 0.126 e. The SMILES string of the molecule is CC(C)[C@@H]1CC[C@]2(c3ccccc3F)CC12. The lowest BCUT2D eigenvalue weighted by Crippen LogP contribution is -2.09. The first kappa shape index (κ1) is 10.3. The van der Waals surface area contributed by atoms with E-state index < -0.39 is 0 Å². The zero-order valence-corrected chi connectivity index (χ0v) is 10.0. The smallest absolute Gasteiger partial charge is 0.126 e. The summed E-state index contributed by atoms with van der Waals surface area (Å²) in [4.78, 5) is 0. The highest BCUT2D eigenvalue weighted by molar-refractivity contribution is 5.37. The number of benzene rings is 1. The fraction of sp³-hybridized carbons (Fsp3) is 0.600. The minimum absolute atomic E-state index is 0.00871. The van der Waals surface area contributed by atoms with Crippen LogP contribution in [0.1, 0.15) is 38.7 Å². The fourth-order valence-corrected chi connectivity index (χ4v) is 3.91. The summed E-state index contributed by atoms with van der Waals surface area (Å²) in [7, 11) is 0. The normalized spacial score (nSPS) is 36.5. The molecule has 1 unspecified atom stereocenters. The van der Waals surface area contributed by atoms with Crippen LogP contribution in [-0.4, -0.2) is 0 Å². The van der Waals surface area contributed by atoms with Crippen LogP contribution in [0.25, 0.3) is 0 Å². The monoisotopic (exact) mass is 218 g/mol. The third-order valence-electron chi connectivity index (χ3n) is 4.84. The lowest BCUT2D eigenvalue weighted by molar-refractivity contribution is 0.351. The third kappa shape index (κ3) is 1.27. The van der Waals surface area contributed by atoms with E-state index >= 15 is 0 Å². The van der Waals surface area contributed by atoms with E-state index in [0.29, 0.717) is 0 Å². The molecular formula is C15H19F. The average molecular weight is 218 g/mol. The van der Waals surface area contributed by atoms with Crippen molar-refractivity contribution in [1.82, 2.24) is 0 Å². The highest BCUT2D eigenvalue weighted by Gasteiger charge is 2.63. The van der Waals surface area contributed by atoms with E-state index in [4.69, 9.17) is 0 Å². The van der Waals surface area contributed by atoms with E-state index in [1.54, 1.807) is 12.1 Å². The van der Waals surface area contributed by atoms with Crippen molar-refractivity contribution in [2.24, 2.45) is 17.8 Å². The van der Waals surface area contributed by atoms with Crippen molar-refractivity contribution in [2.45, 2.75) is 38.5 Å². The Hall–Kier alpha value is -0.850. The second kappa shape index (κ2) is 3.32. The number of hydrogen-bond acceptors (Lipinski definition) is 0. The lowest BCUT2D eigenvalue weighted by Gasteiger charge is -2.14. The van der Waals surface area contributed by atoms with Crippen LogP contribution < -0.4 is 0 Å². The topological polar surface area (TPSA) is 0 Å². The summed E-state index contributed by atoms with van der Waals surface area (Å²) in [6.45, 7) is 4.61. The van der Waals surface area contributed by atoms with Gasteiger partial charge in [-0.25, -0.2) is 4.39 Å². The average Bonchev–Trinajstić information content (AvgIpc) is 2.85. The largest absolute Gasteiger partial charge is 0.207 e. The summed E-state index contributed by atoms with van der Waals surface area (Å²) < 4.78 is 13.8. The molecule has 0 radical (unpaired) electrons. The number of hydrogen-bond donors (Lipinski definition) is 0. The van der Waals surface area contributed by atoms with Gasteiger partial charge >= 0.3 is 0 Å². The highest BCUT2D eigenvalue weighted by atomic mass is 19.1. The maximum absolute atomic E-state index is 13.8. The van der Waals surface area contributed by atoms with Crippen LogP contribution in [0.15, 0.2) is 24.3 Å². The molecule has 0 amide bonds. The Bertz CT molecular complexity index is 410. The van der Waals surface area contributed by atoms with Crippen molar-refractivity contribution >= 4 is 0 Å². The van der Waals surface area contributed by atoms with Crippen LogP contribution >= 0.6 is 0 Å². The molecule has 0 aromatic heterocycles. The summed E-state index contributed by atoms with van der Waals surface area (Å²) >= 11 is 0. The number of halogens is 1. The van der Waals surface area contributed by atoms with Gasteiger partial charge in [-0.1, -0.05) is 32.0 Å². The summed E-state index contributed by atoms with van der Waals surface area (Å²) in [5, 5.41) is 0. The number of rotatable bonds is 2. The van der Waals surface area contributed by atoms with Crippen LogP contribution in [0.4, 0.5) is 4.39 Å². The second-order valence-electron chi connectivity index (χ2n) is 5.89. The Labute approximate surface area is 96.9 Å². The van der Waals surface area contributed by atoms with Gasteiger partial charge in [0.2, 0.25) is 0 Å². The minimum atomic E-state index is 0.00871. The maximum atomic E-state index is 13.8. The molecule has 2 aliphatic carbocycles. The standard InChI is InChI=1S/C15H19F/c1-10(2)11-7-8-15(9-13(11)15)12-5-3-4-6-14(12)16/h3-6,10-11,13H,7-9H2,1-2H3/t11-,13?,15+/m0/s1. The highest BCUT2D eigenvalue weighted by Crippen LogP contribution is 2.68. The van der Waals surface area contributed by atoms with Crippen LogP contribution in [-0.2, 0) is 5.41 Å². The van der Waals surface area contributed by atoms with E-state index in [1.165, 1.54) is 19.3 Å². The van der Waals surface area contributed by atoms with Gasteiger partial charge < -0.3 is 0 Å². The van der Waals surface area contributed by atoms with E-state index in [2.05, 4.69) is 13.8 Å². The van der Waals surface area contributed by atoms with E-state index in [-0.39, 0.29) is 11.2 Å². The molecule has 3 rings (SSSR count). The van der Waals surface area contributed by atoms with Crippen molar-refractivity contribution in [3.63, 3.8) is 0 Å². The van der Waals surface area contributed by atoms with Gasteiger partial charge in [-0.05, 0) is 48.6 Å². The first-order valence-electron chi connectivity index (χ1n) is 6.40. The van der Waals surface area contributed by atoms with E-state index in [9.17, 15) is 4.39 Å². The molecule has 86 valence electrons. The Morgan fingerprint density at radius 2 is 2.06 bits per heavy atom. The molecule has 1 aromatic carbocycles. The van der Waals surface area contributed by atoms with Crippen molar-refractivity contribution in [3.05, 3.63) is 35.6 Å². The van der Waals surface area contributed by atoms with Crippen molar-refractivity contribution in [2.75, 3.05) is 0 Å². The molecule has 2 fully saturated rings. The summed E-state index contributed by atoms with van der Waals surface area (Å²) in [6, 6.07) is 7.38. The Balaban J connectivity index is 1.92. The fourth-order valence-electron chi connectivity index (χ4n) is 3.91. The van der Waals surface area contributed by atoms with Gasteiger partial charge in [-0.2, -0.15) is 0 Å². The molecule has 0 spiro atoms. The molecule has 0 heterocycles. The minimum Gasteiger partial charge on any atom is -0.207 e. The van der Waals surface area contributed by atoms with Gasteiger partial charge in [0, 0.05) is 5.41 Å². The summed E-state index contributed by atoms with van der Waals surface area (Å²) in [6.07, 6.45) is 3.70. The molecule has 1 heteroatoms. The zero-order chi connectivity index (χ0) is 11.3. The predicted molar refractivity (Wildman–Crippen MR) is 63.7 cm³/mol. The van der Waals surface area contributed by atoms with Crippen LogP contribution in [0, 0.1) is 23.6 Å². The van der Waals surface area contributed by atoms with Gasteiger partial charge in [0.1, 0.15) is 5.82 Å². The molecule has 0 saturated heterocycles. The van der Waals surface area contributed by atoms with Crippen molar-refractivity contribution in [3.8, 4) is 0 Å². The molecular weight excluding hydrogens is 199 g/mol. The molecule has 2 aliphatic rings. The quantitative estimate of drug-likeness (QED) is 0.699. The Morgan fingerprint density at radius 1 is 1.31 bits per heavy atom. The van der Waals surface area contributed by atoms with E-state index in [1.807, 2.05) is 12.1 Å².